The zero-order valence-electron chi connectivity index (χ0n) is 11.5. The van der Waals surface area contributed by atoms with Crippen LogP contribution in [0.25, 0.3) is 11.0 Å². The number of hydrogen-bond acceptors (Lipinski definition) is 3. The van der Waals surface area contributed by atoms with E-state index in [0.29, 0.717) is 11.4 Å². The summed E-state index contributed by atoms with van der Waals surface area (Å²) in [4.78, 5) is 5.70. The molecule has 1 aromatic carbocycles. The second-order valence-electron chi connectivity index (χ2n) is 4.62. The van der Waals surface area contributed by atoms with Gasteiger partial charge >= 0.3 is 0 Å². The minimum atomic E-state index is -0.408. The lowest BCUT2D eigenvalue weighted by Gasteiger charge is -2.08. The van der Waals surface area contributed by atoms with Gasteiger partial charge in [-0.15, -0.1) is 22.9 Å². The Kier molecular flexibility index (Phi) is 4.12. The highest BCUT2D eigenvalue weighted by molar-refractivity contribution is 7.09. The second-order valence-corrected chi connectivity index (χ2v) is 5.92. The van der Waals surface area contributed by atoms with Crippen LogP contribution in [-0.2, 0) is 18.8 Å². The Labute approximate surface area is 130 Å². The van der Waals surface area contributed by atoms with Crippen LogP contribution in [0.1, 0.15) is 10.7 Å². The second kappa shape index (κ2) is 6.03. The molecule has 2 aromatic heterocycles. The number of methoxy groups -OCH3 is 1. The third-order valence-electron chi connectivity index (χ3n) is 3.38. The van der Waals surface area contributed by atoms with Crippen molar-refractivity contribution in [3.63, 3.8) is 0 Å². The number of hydrogen-bond donors (Lipinski definition) is 0. The van der Waals surface area contributed by atoms with Crippen LogP contribution in [0.5, 0.6) is 5.75 Å². The lowest BCUT2D eigenvalue weighted by molar-refractivity contribution is 0.387. The molecule has 3 aromatic rings. The fraction of sp³-hybridized carbons (Fsp3) is 0.267. The molecule has 0 N–H and O–H groups in total. The Hall–Kier alpha value is -1.59. The van der Waals surface area contributed by atoms with E-state index in [-0.39, 0.29) is 5.75 Å². The van der Waals surface area contributed by atoms with Crippen LogP contribution >= 0.6 is 22.9 Å². The zero-order valence-corrected chi connectivity index (χ0v) is 13.0. The van der Waals surface area contributed by atoms with E-state index in [9.17, 15) is 4.39 Å². The first kappa shape index (κ1) is 14.4. The number of thiophene rings is 1. The molecular weight excluding hydrogens is 311 g/mol. The molecule has 0 aliphatic rings. The fourth-order valence-electron chi connectivity index (χ4n) is 2.36. The van der Waals surface area contributed by atoms with Crippen molar-refractivity contribution in [1.82, 2.24) is 9.55 Å². The third kappa shape index (κ3) is 2.76. The molecule has 0 unspecified atom stereocenters. The topological polar surface area (TPSA) is 27.1 Å². The molecule has 0 amide bonds. The molecule has 0 atom stereocenters. The normalized spacial score (nSPS) is 11.2. The van der Waals surface area contributed by atoms with Gasteiger partial charge in [0.25, 0.3) is 0 Å². The predicted molar refractivity (Wildman–Crippen MR) is 83.8 cm³/mol. The first-order valence-corrected chi connectivity index (χ1v) is 7.95. The molecule has 0 radical (unpaired) electrons. The van der Waals surface area contributed by atoms with Gasteiger partial charge in [0.1, 0.15) is 5.82 Å². The van der Waals surface area contributed by atoms with Gasteiger partial charge in [-0.3, -0.25) is 0 Å². The highest BCUT2D eigenvalue weighted by atomic mass is 35.5. The summed E-state index contributed by atoms with van der Waals surface area (Å²) in [6.07, 6.45) is 0.896. The maximum atomic E-state index is 13.8. The summed E-state index contributed by atoms with van der Waals surface area (Å²) in [5.74, 6) is 0.856. The maximum absolute atomic E-state index is 13.8. The number of rotatable bonds is 5. The number of aryl methyl sites for hydroxylation is 2. The first-order valence-electron chi connectivity index (χ1n) is 6.54. The Morgan fingerprint density at radius 1 is 1.43 bits per heavy atom. The summed E-state index contributed by atoms with van der Waals surface area (Å²) < 4.78 is 20.9. The lowest BCUT2D eigenvalue weighted by atomic mass is 10.2. The molecular formula is C15H14ClFN2OS. The number of ether oxygens (including phenoxy) is 1. The van der Waals surface area contributed by atoms with Crippen molar-refractivity contribution < 1.29 is 9.13 Å². The number of alkyl halides is 1. The molecule has 0 fully saturated rings. The van der Waals surface area contributed by atoms with Gasteiger partial charge in [-0.1, -0.05) is 6.07 Å². The molecule has 3 rings (SSSR count). The van der Waals surface area contributed by atoms with E-state index in [1.165, 1.54) is 18.1 Å². The Morgan fingerprint density at radius 2 is 2.29 bits per heavy atom. The van der Waals surface area contributed by atoms with Gasteiger partial charge in [0.05, 0.1) is 24.0 Å². The molecule has 2 heterocycles. The minimum Gasteiger partial charge on any atom is -0.494 e. The SMILES string of the molecule is COc1cc2c(cc1F)nc(CCl)n2CCc1cccs1. The Balaban J connectivity index is 2.01. The summed E-state index contributed by atoms with van der Waals surface area (Å²) in [7, 11) is 1.46. The van der Waals surface area contributed by atoms with E-state index in [1.54, 1.807) is 17.4 Å². The van der Waals surface area contributed by atoms with Gasteiger partial charge in [0.15, 0.2) is 11.6 Å². The summed E-state index contributed by atoms with van der Waals surface area (Å²) in [5, 5.41) is 2.06. The van der Waals surface area contributed by atoms with Crippen molar-refractivity contribution in [2.75, 3.05) is 7.11 Å². The van der Waals surface area contributed by atoms with E-state index in [1.807, 2.05) is 10.6 Å². The quantitative estimate of drug-likeness (QED) is 0.657. The number of fused-ring (bicyclic) bond motifs is 1. The Morgan fingerprint density at radius 3 is 2.95 bits per heavy atom. The van der Waals surface area contributed by atoms with Crippen molar-refractivity contribution in [3.8, 4) is 5.75 Å². The number of aromatic nitrogens is 2. The molecule has 110 valence electrons. The zero-order chi connectivity index (χ0) is 14.8. The van der Waals surface area contributed by atoms with Crippen LogP contribution in [0, 0.1) is 5.82 Å². The minimum absolute atomic E-state index is 0.223. The largest absolute Gasteiger partial charge is 0.494 e. The smallest absolute Gasteiger partial charge is 0.167 e. The number of imidazole rings is 1. The third-order valence-corrected chi connectivity index (χ3v) is 4.56. The van der Waals surface area contributed by atoms with Crippen LogP contribution < -0.4 is 4.74 Å². The molecule has 0 saturated heterocycles. The van der Waals surface area contributed by atoms with E-state index < -0.39 is 5.82 Å². The summed E-state index contributed by atoms with van der Waals surface area (Å²) >= 11 is 7.69. The molecule has 21 heavy (non-hydrogen) atoms. The van der Waals surface area contributed by atoms with Gasteiger partial charge in [0, 0.05) is 23.6 Å². The molecule has 0 bridgehead atoms. The summed E-state index contributed by atoms with van der Waals surface area (Å²) in [6.45, 7) is 0.758. The molecule has 0 aliphatic carbocycles. The number of benzene rings is 1. The van der Waals surface area contributed by atoms with Crippen molar-refractivity contribution in [2.45, 2.75) is 18.8 Å². The standard InChI is InChI=1S/C15H14ClFN2OS/c1-20-14-8-13-12(7-11(14)17)18-15(9-16)19(13)5-4-10-3-2-6-21-10/h2-3,6-8H,4-5,9H2,1H3. The van der Waals surface area contributed by atoms with Crippen LogP contribution in [0.2, 0.25) is 0 Å². The molecule has 0 spiro atoms. The van der Waals surface area contributed by atoms with Crippen molar-refractivity contribution in [3.05, 3.63) is 46.2 Å². The lowest BCUT2D eigenvalue weighted by Crippen LogP contribution is -2.04. The average Bonchev–Trinajstić information content (AvgIpc) is 3.11. The van der Waals surface area contributed by atoms with E-state index in [4.69, 9.17) is 16.3 Å². The molecule has 0 saturated carbocycles. The van der Waals surface area contributed by atoms with E-state index in [2.05, 4.69) is 16.4 Å². The van der Waals surface area contributed by atoms with Gasteiger partial charge in [-0.05, 0) is 17.9 Å². The molecule has 6 heteroatoms. The maximum Gasteiger partial charge on any atom is 0.167 e. The van der Waals surface area contributed by atoms with Gasteiger partial charge in [-0.2, -0.15) is 0 Å². The molecule has 0 aliphatic heterocycles. The fourth-order valence-corrected chi connectivity index (χ4v) is 3.26. The Bertz CT molecular complexity index is 755. The number of halogens is 2. The van der Waals surface area contributed by atoms with Gasteiger partial charge in [0.2, 0.25) is 0 Å². The van der Waals surface area contributed by atoms with Gasteiger partial charge in [-0.25, -0.2) is 9.37 Å². The highest BCUT2D eigenvalue weighted by Gasteiger charge is 2.14. The van der Waals surface area contributed by atoms with Gasteiger partial charge < -0.3 is 9.30 Å². The monoisotopic (exact) mass is 324 g/mol. The van der Waals surface area contributed by atoms with E-state index in [0.717, 1.165) is 24.3 Å². The first-order chi connectivity index (χ1) is 10.2. The summed E-state index contributed by atoms with van der Waals surface area (Å²) in [6, 6.07) is 7.21. The van der Waals surface area contributed by atoms with Crippen molar-refractivity contribution >= 4 is 34.0 Å². The van der Waals surface area contributed by atoms with Crippen LogP contribution in [-0.4, -0.2) is 16.7 Å². The number of nitrogens with zero attached hydrogens (tertiary/aromatic N) is 2. The van der Waals surface area contributed by atoms with Crippen LogP contribution in [0.3, 0.4) is 0 Å². The van der Waals surface area contributed by atoms with Crippen LogP contribution in [0.4, 0.5) is 4.39 Å². The predicted octanol–water partition coefficient (Wildman–Crippen LogP) is 4.23. The van der Waals surface area contributed by atoms with Crippen LogP contribution in [0.15, 0.2) is 29.6 Å². The average molecular weight is 325 g/mol. The highest BCUT2D eigenvalue weighted by Crippen LogP contribution is 2.26. The van der Waals surface area contributed by atoms with Crippen molar-refractivity contribution in [2.24, 2.45) is 0 Å². The van der Waals surface area contributed by atoms with Crippen molar-refractivity contribution in [1.29, 1.82) is 0 Å². The van der Waals surface area contributed by atoms with E-state index >= 15 is 0 Å². The molecule has 3 nitrogen and oxygen atoms in total. The summed E-state index contributed by atoms with van der Waals surface area (Å²) in [5.41, 5.74) is 1.45.